The topological polar surface area (TPSA) is 114 Å². The van der Waals surface area contributed by atoms with E-state index in [-0.39, 0.29) is 31.3 Å². The first-order chi connectivity index (χ1) is 39.4. The van der Waals surface area contributed by atoms with Crippen molar-refractivity contribution < 1.29 is 37.3 Å². The number of phosphoric ester groups is 1. The molecule has 0 spiro atoms. The third-order valence-corrected chi connectivity index (χ3v) is 16.0. The average Bonchev–Trinajstić information content (AvgIpc) is 3.44. The Kier molecular flexibility index (Phi) is 58.2. The first kappa shape index (κ1) is 78.2. The molecule has 0 aliphatic carbocycles. The maximum Gasteiger partial charge on any atom is 0.306 e. The van der Waals surface area contributed by atoms with Gasteiger partial charge in [0.15, 0.2) is 0 Å². The Morgan fingerprint density at radius 3 is 1.20 bits per heavy atom. The molecule has 0 heterocycles. The van der Waals surface area contributed by atoms with E-state index in [0.29, 0.717) is 17.4 Å². The lowest BCUT2D eigenvalue weighted by Crippen LogP contribution is -2.47. The minimum absolute atomic E-state index is 0.0340. The highest BCUT2D eigenvalue weighted by molar-refractivity contribution is 7.45. The van der Waals surface area contributed by atoms with Gasteiger partial charge >= 0.3 is 5.97 Å². The van der Waals surface area contributed by atoms with Crippen molar-refractivity contribution in [1.29, 1.82) is 0 Å². The van der Waals surface area contributed by atoms with Crippen LogP contribution < -0.4 is 10.2 Å². The number of phosphoric acid groups is 1. The fourth-order valence-electron chi connectivity index (χ4n) is 9.79. The zero-order chi connectivity index (χ0) is 59.3. The predicted molar refractivity (Wildman–Crippen MR) is 348 cm³/mol. The normalized spacial score (nSPS) is 14.1. The summed E-state index contributed by atoms with van der Waals surface area (Å²) < 4.78 is 30.3. The predicted octanol–water partition coefficient (Wildman–Crippen LogP) is 20.7. The molecule has 0 radical (unpaired) electrons. The van der Waals surface area contributed by atoms with Gasteiger partial charge in [0.2, 0.25) is 5.91 Å². The lowest BCUT2D eigenvalue weighted by Gasteiger charge is -2.30. The van der Waals surface area contributed by atoms with Gasteiger partial charge in [0.1, 0.15) is 19.3 Å². The molecule has 0 aromatic heterocycles. The number of quaternary nitrogens is 1. The minimum Gasteiger partial charge on any atom is -0.756 e. The van der Waals surface area contributed by atoms with Crippen molar-refractivity contribution in [1.82, 2.24) is 5.32 Å². The van der Waals surface area contributed by atoms with E-state index < -0.39 is 26.6 Å². The van der Waals surface area contributed by atoms with Crippen LogP contribution in [0.5, 0.6) is 0 Å². The summed E-state index contributed by atoms with van der Waals surface area (Å²) in [5.41, 5.74) is 0. The maximum atomic E-state index is 13.5. The summed E-state index contributed by atoms with van der Waals surface area (Å²) in [5, 5.41) is 3.01. The molecule has 0 saturated heterocycles. The molecule has 0 fully saturated rings. The van der Waals surface area contributed by atoms with Gasteiger partial charge in [-0.05, 0) is 51.0 Å². The Hall–Kier alpha value is -2.81. The second-order valence-electron chi connectivity index (χ2n) is 24.1. The molecule has 0 bridgehead atoms. The van der Waals surface area contributed by atoms with Gasteiger partial charge in [-0.3, -0.25) is 14.2 Å². The smallest absolute Gasteiger partial charge is 0.306 e. The number of likely N-dealkylation sites (N-methyl/N-ethyl adjacent to an activating group) is 1. The van der Waals surface area contributed by atoms with Gasteiger partial charge in [0, 0.05) is 12.8 Å². The fraction of sp³-hybridized carbons (Fsp3) is 0.775. The summed E-state index contributed by atoms with van der Waals surface area (Å²) in [6, 6.07) is -0.914. The second kappa shape index (κ2) is 60.3. The van der Waals surface area contributed by atoms with E-state index in [1.807, 2.05) is 94.1 Å². The largest absolute Gasteiger partial charge is 0.756 e. The van der Waals surface area contributed by atoms with Crippen LogP contribution in [-0.2, 0) is 27.9 Å². The molecule has 3 unspecified atom stereocenters. The van der Waals surface area contributed by atoms with E-state index in [1.54, 1.807) is 0 Å². The Morgan fingerprint density at radius 1 is 0.444 bits per heavy atom. The number of amides is 1. The van der Waals surface area contributed by atoms with Gasteiger partial charge in [-0.15, -0.1) is 0 Å². The van der Waals surface area contributed by atoms with Gasteiger partial charge in [0.25, 0.3) is 7.82 Å². The Labute approximate surface area is 501 Å². The summed E-state index contributed by atoms with van der Waals surface area (Å²) >= 11 is 0. The maximum absolute atomic E-state index is 13.5. The zero-order valence-corrected chi connectivity index (χ0v) is 54.6. The number of allylic oxidation sites excluding steroid dienone is 13. The first-order valence-corrected chi connectivity index (χ1v) is 35.4. The van der Waals surface area contributed by atoms with Crippen molar-refractivity contribution in [2.24, 2.45) is 0 Å². The van der Waals surface area contributed by atoms with E-state index in [2.05, 4.69) is 38.2 Å². The average molecular weight is 1150 g/mol. The SMILES string of the molecule is CC\C=C/C=C/C=C/C=C\C=C\C=C\CCCCCC(=O)NC(COP(=O)([O-])OCC[N+](C)(C)C)C(/C=C\CCCCCCCCCCC)OC(=O)CCCCCCCCCCCCCCCCCCCCCCCCCCCCC. The van der Waals surface area contributed by atoms with Crippen molar-refractivity contribution in [3.63, 3.8) is 0 Å². The van der Waals surface area contributed by atoms with Crippen LogP contribution in [0.1, 0.15) is 303 Å². The highest BCUT2D eigenvalue weighted by Gasteiger charge is 2.27. The Morgan fingerprint density at radius 2 is 0.790 bits per heavy atom. The van der Waals surface area contributed by atoms with E-state index >= 15 is 0 Å². The number of nitrogens with one attached hydrogen (secondary N) is 1. The van der Waals surface area contributed by atoms with Gasteiger partial charge in [-0.1, -0.05) is 324 Å². The van der Waals surface area contributed by atoms with Crippen LogP contribution in [-0.4, -0.2) is 69.4 Å². The molecule has 9 nitrogen and oxygen atoms in total. The Balaban J connectivity index is 5.04. The lowest BCUT2D eigenvalue weighted by atomic mass is 10.0. The standard InChI is InChI=1S/C71H129N2O7P/c1-7-10-13-16-19-22-25-27-29-31-32-33-34-35-36-37-38-39-40-42-44-46-49-52-55-58-61-64-71(75)80-69(62-59-56-53-50-47-24-21-18-15-12-9-3)68(67-79-81(76,77)78-66-65-73(4,5)6)72-70(74)63-60-57-54-51-48-45-43-41-30-28-26-23-20-17-14-11-8-2/h11,14,17,20,23,26,28,30,41,43,45,48,59,62,68-69H,7-10,12-13,15-16,18-19,21-22,24-25,27,29,31-40,42,44,46-47,49-58,60-61,63-67H2,1-6H3,(H-,72,74,76,77)/b14-11-,20-17+,26-23+,30-28-,43-41+,48-45+,62-59-. The molecule has 0 aromatic rings. The van der Waals surface area contributed by atoms with E-state index in [4.69, 9.17) is 13.8 Å². The van der Waals surface area contributed by atoms with Gasteiger partial charge in [-0.25, -0.2) is 0 Å². The molecule has 0 aliphatic heterocycles. The summed E-state index contributed by atoms with van der Waals surface area (Å²) in [4.78, 5) is 40.0. The molecule has 0 aliphatic rings. The van der Waals surface area contributed by atoms with Gasteiger partial charge < -0.3 is 28.5 Å². The monoisotopic (exact) mass is 1150 g/mol. The first-order valence-electron chi connectivity index (χ1n) is 34.0. The summed E-state index contributed by atoms with van der Waals surface area (Å²) in [6.45, 7) is 6.68. The Bertz CT molecular complexity index is 1660. The van der Waals surface area contributed by atoms with E-state index in [1.165, 1.54) is 199 Å². The fourth-order valence-corrected chi connectivity index (χ4v) is 10.5. The van der Waals surface area contributed by atoms with Gasteiger partial charge in [0.05, 0.1) is 33.8 Å². The number of ether oxygens (including phenoxy) is 1. The third-order valence-electron chi connectivity index (χ3n) is 15.0. The number of hydrogen-bond donors (Lipinski definition) is 1. The second-order valence-corrected chi connectivity index (χ2v) is 25.5. The van der Waals surface area contributed by atoms with Crippen molar-refractivity contribution in [3.05, 3.63) is 85.1 Å². The minimum atomic E-state index is -4.72. The van der Waals surface area contributed by atoms with E-state index in [9.17, 15) is 19.0 Å². The molecular formula is C71H129N2O7P. The van der Waals surface area contributed by atoms with Crippen molar-refractivity contribution in [2.45, 2.75) is 315 Å². The van der Waals surface area contributed by atoms with Crippen LogP contribution in [0.4, 0.5) is 0 Å². The van der Waals surface area contributed by atoms with Crippen LogP contribution in [0, 0.1) is 0 Å². The lowest BCUT2D eigenvalue weighted by molar-refractivity contribution is -0.870. The van der Waals surface area contributed by atoms with Gasteiger partial charge in [-0.2, -0.15) is 0 Å². The van der Waals surface area contributed by atoms with Crippen molar-refractivity contribution >= 4 is 19.7 Å². The number of unbranched alkanes of at least 4 members (excludes halogenated alkanes) is 38. The molecule has 3 atom stereocenters. The van der Waals surface area contributed by atoms with Crippen LogP contribution in [0.25, 0.3) is 0 Å². The summed E-state index contributed by atoms with van der Waals surface area (Å²) in [5.74, 6) is -0.586. The number of esters is 1. The molecule has 0 aromatic carbocycles. The van der Waals surface area contributed by atoms with Crippen molar-refractivity contribution in [2.75, 3.05) is 40.9 Å². The summed E-state index contributed by atoms with van der Waals surface area (Å²) in [6.07, 6.45) is 80.1. The zero-order valence-electron chi connectivity index (χ0n) is 53.7. The van der Waals surface area contributed by atoms with Crippen molar-refractivity contribution in [3.8, 4) is 0 Å². The van der Waals surface area contributed by atoms with E-state index in [0.717, 1.165) is 64.2 Å². The van der Waals surface area contributed by atoms with Crippen LogP contribution in [0.2, 0.25) is 0 Å². The molecule has 0 rings (SSSR count). The van der Waals surface area contributed by atoms with Crippen LogP contribution >= 0.6 is 7.82 Å². The molecule has 1 amide bonds. The number of nitrogens with zero attached hydrogens (tertiary/aromatic N) is 1. The van der Waals surface area contributed by atoms with Crippen LogP contribution in [0.3, 0.4) is 0 Å². The third kappa shape index (κ3) is 61.6. The van der Waals surface area contributed by atoms with Crippen LogP contribution in [0.15, 0.2) is 85.1 Å². The number of hydrogen-bond acceptors (Lipinski definition) is 7. The molecule has 10 heteroatoms. The molecular weight excluding hydrogens is 1020 g/mol. The molecule has 470 valence electrons. The molecule has 0 saturated carbocycles. The molecule has 1 N–H and O–H groups in total. The number of carbonyl (C=O) groups is 2. The summed E-state index contributed by atoms with van der Waals surface area (Å²) in [7, 11) is 1.15. The highest BCUT2D eigenvalue weighted by atomic mass is 31.2. The number of carbonyl (C=O) groups excluding carboxylic acids is 2. The quantitative estimate of drug-likeness (QED) is 0.0161. The number of rotatable bonds is 61. The highest BCUT2D eigenvalue weighted by Crippen LogP contribution is 2.38. The molecule has 81 heavy (non-hydrogen) atoms.